The molecule has 1 heterocycles. The Labute approximate surface area is 135 Å². The van der Waals surface area contributed by atoms with Crippen LogP contribution in [0.4, 0.5) is 10.6 Å². The van der Waals surface area contributed by atoms with Crippen LogP contribution in [0, 0.1) is 0 Å². The van der Waals surface area contributed by atoms with Crippen molar-refractivity contribution < 1.29 is 14.4 Å². The highest BCUT2D eigenvalue weighted by Crippen LogP contribution is 2.28. The molecular formula is C17H21N3O3. The fraction of sp³-hybridized carbons (Fsp3) is 0.412. The second-order valence-corrected chi connectivity index (χ2v) is 5.73. The molecule has 2 N–H and O–H groups in total. The second kappa shape index (κ2) is 7.28. The lowest BCUT2D eigenvalue weighted by atomic mass is 10.2. The average Bonchev–Trinajstić information content (AvgIpc) is 3.31. The number of nitrogens with one attached hydrogen (secondary N) is 1. The maximum Gasteiger partial charge on any atom is 0.323 e. The summed E-state index contributed by atoms with van der Waals surface area (Å²) in [5.41, 5.74) is 0.919. The fourth-order valence-electron chi connectivity index (χ4n) is 2.48. The lowest BCUT2D eigenvalue weighted by molar-refractivity contribution is 0.203. The molecule has 0 radical (unpaired) electrons. The van der Waals surface area contributed by atoms with E-state index in [2.05, 4.69) is 10.5 Å². The van der Waals surface area contributed by atoms with Gasteiger partial charge in [-0.3, -0.25) is 5.32 Å². The number of aliphatic hydroxyl groups excluding tert-OH is 1. The smallest absolute Gasteiger partial charge is 0.323 e. The Morgan fingerprint density at radius 2 is 2.09 bits per heavy atom. The van der Waals surface area contributed by atoms with E-state index in [0.717, 1.165) is 24.8 Å². The van der Waals surface area contributed by atoms with Gasteiger partial charge in [-0.25, -0.2) is 4.79 Å². The van der Waals surface area contributed by atoms with Crippen LogP contribution in [0.25, 0.3) is 11.3 Å². The van der Waals surface area contributed by atoms with E-state index in [1.165, 1.54) is 0 Å². The molecule has 1 aliphatic rings. The molecule has 0 saturated heterocycles. The normalized spacial score (nSPS) is 13.8. The molecule has 0 spiro atoms. The molecule has 3 rings (SSSR count). The molecule has 1 aromatic carbocycles. The molecule has 0 unspecified atom stereocenters. The van der Waals surface area contributed by atoms with Crippen LogP contribution in [-0.4, -0.2) is 40.4 Å². The van der Waals surface area contributed by atoms with E-state index in [0.29, 0.717) is 30.6 Å². The molecule has 1 aliphatic carbocycles. The van der Waals surface area contributed by atoms with Crippen molar-refractivity contribution in [3.8, 4) is 11.3 Å². The van der Waals surface area contributed by atoms with Crippen molar-refractivity contribution in [2.24, 2.45) is 0 Å². The summed E-state index contributed by atoms with van der Waals surface area (Å²) >= 11 is 0. The van der Waals surface area contributed by atoms with Gasteiger partial charge in [-0.2, -0.15) is 0 Å². The van der Waals surface area contributed by atoms with Gasteiger partial charge in [0.2, 0.25) is 0 Å². The van der Waals surface area contributed by atoms with Crippen molar-refractivity contribution in [3.05, 3.63) is 36.4 Å². The number of nitrogens with zero attached hydrogens (tertiary/aromatic N) is 2. The van der Waals surface area contributed by atoms with Crippen molar-refractivity contribution >= 4 is 11.8 Å². The van der Waals surface area contributed by atoms with E-state index >= 15 is 0 Å². The number of urea groups is 1. The first kappa shape index (κ1) is 15.6. The molecule has 2 amide bonds. The summed E-state index contributed by atoms with van der Waals surface area (Å²) in [6, 6.07) is 11.5. The van der Waals surface area contributed by atoms with Gasteiger partial charge < -0.3 is 14.5 Å². The lowest BCUT2D eigenvalue weighted by Gasteiger charge is -2.21. The maximum absolute atomic E-state index is 12.4. The van der Waals surface area contributed by atoms with Gasteiger partial charge in [0.05, 0.1) is 0 Å². The van der Waals surface area contributed by atoms with Crippen molar-refractivity contribution in [2.75, 3.05) is 18.5 Å². The Bertz CT molecular complexity index is 638. The first-order valence-electron chi connectivity index (χ1n) is 7.98. The van der Waals surface area contributed by atoms with Gasteiger partial charge in [-0.1, -0.05) is 35.5 Å². The van der Waals surface area contributed by atoms with Crippen LogP contribution in [0.3, 0.4) is 0 Å². The van der Waals surface area contributed by atoms with E-state index in [1.54, 1.807) is 6.07 Å². The Kier molecular flexibility index (Phi) is 4.92. The molecule has 1 saturated carbocycles. The summed E-state index contributed by atoms with van der Waals surface area (Å²) in [4.78, 5) is 14.2. The quantitative estimate of drug-likeness (QED) is 0.770. The molecule has 1 fully saturated rings. The van der Waals surface area contributed by atoms with Crippen LogP contribution < -0.4 is 5.32 Å². The summed E-state index contributed by atoms with van der Waals surface area (Å²) < 4.78 is 5.29. The Hall–Kier alpha value is -2.34. The van der Waals surface area contributed by atoms with Crippen molar-refractivity contribution in [1.82, 2.24) is 10.1 Å². The van der Waals surface area contributed by atoms with Crippen LogP contribution in [0.1, 0.15) is 25.7 Å². The Morgan fingerprint density at radius 1 is 1.30 bits per heavy atom. The van der Waals surface area contributed by atoms with Gasteiger partial charge in [0.15, 0.2) is 11.6 Å². The van der Waals surface area contributed by atoms with Crippen molar-refractivity contribution in [2.45, 2.75) is 31.7 Å². The number of hydrogen-bond acceptors (Lipinski definition) is 4. The van der Waals surface area contributed by atoms with E-state index in [1.807, 2.05) is 35.2 Å². The van der Waals surface area contributed by atoms with Gasteiger partial charge in [0.1, 0.15) is 0 Å². The molecule has 1 aromatic heterocycles. The van der Waals surface area contributed by atoms with Crippen LogP contribution in [0.2, 0.25) is 0 Å². The first-order chi connectivity index (χ1) is 11.3. The highest BCUT2D eigenvalue weighted by Gasteiger charge is 2.32. The summed E-state index contributed by atoms with van der Waals surface area (Å²) in [6.07, 6.45) is 3.59. The lowest BCUT2D eigenvalue weighted by Crippen LogP contribution is -2.37. The number of aromatic nitrogens is 1. The average molecular weight is 315 g/mol. The zero-order valence-electron chi connectivity index (χ0n) is 12.9. The number of amides is 2. The highest BCUT2D eigenvalue weighted by atomic mass is 16.5. The minimum absolute atomic E-state index is 0.154. The van der Waals surface area contributed by atoms with Crippen LogP contribution >= 0.6 is 0 Å². The summed E-state index contributed by atoms with van der Waals surface area (Å²) in [5.74, 6) is 1.04. The molecule has 0 atom stereocenters. The number of rotatable bonds is 7. The number of carbonyl (C=O) groups excluding carboxylic acids is 1. The van der Waals surface area contributed by atoms with Gasteiger partial charge >= 0.3 is 6.03 Å². The fourth-order valence-corrected chi connectivity index (χ4v) is 2.48. The van der Waals surface area contributed by atoms with Crippen LogP contribution in [0.5, 0.6) is 0 Å². The monoisotopic (exact) mass is 315 g/mol. The van der Waals surface area contributed by atoms with Gasteiger partial charge in [0, 0.05) is 30.8 Å². The molecule has 2 aromatic rings. The van der Waals surface area contributed by atoms with E-state index in [4.69, 9.17) is 9.63 Å². The van der Waals surface area contributed by atoms with Gasteiger partial charge in [-0.05, 0) is 25.7 Å². The standard InChI is InChI=1S/C17H21N3O3/c21-11-5-4-10-20(14-8-9-14)17(22)18-16-12-15(23-19-16)13-6-2-1-3-7-13/h1-3,6-7,12,14,21H,4-5,8-11H2,(H,18,19,22). The van der Waals surface area contributed by atoms with Gasteiger partial charge in [0.25, 0.3) is 0 Å². The van der Waals surface area contributed by atoms with Crippen molar-refractivity contribution in [3.63, 3.8) is 0 Å². The maximum atomic E-state index is 12.4. The second-order valence-electron chi connectivity index (χ2n) is 5.73. The largest absolute Gasteiger partial charge is 0.396 e. The SMILES string of the molecule is O=C(Nc1cc(-c2ccccc2)on1)N(CCCCO)C1CC1. The van der Waals surface area contributed by atoms with Crippen LogP contribution in [0.15, 0.2) is 40.9 Å². The molecule has 122 valence electrons. The molecule has 0 aliphatic heterocycles. The minimum Gasteiger partial charge on any atom is -0.396 e. The Balaban J connectivity index is 1.61. The molecule has 23 heavy (non-hydrogen) atoms. The summed E-state index contributed by atoms with van der Waals surface area (Å²) in [7, 11) is 0. The third-order valence-electron chi connectivity index (χ3n) is 3.86. The topological polar surface area (TPSA) is 78.6 Å². The number of benzene rings is 1. The van der Waals surface area contributed by atoms with Crippen LogP contribution in [-0.2, 0) is 0 Å². The predicted octanol–water partition coefficient (Wildman–Crippen LogP) is 3.11. The third-order valence-corrected chi connectivity index (χ3v) is 3.86. The Morgan fingerprint density at radius 3 is 2.78 bits per heavy atom. The first-order valence-corrected chi connectivity index (χ1v) is 7.98. The van der Waals surface area contributed by atoms with Gasteiger partial charge in [-0.15, -0.1) is 0 Å². The molecule has 0 bridgehead atoms. The van der Waals surface area contributed by atoms with E-state index in [-0.39, 0.29) is 12.6 Å². The summed E-state index contributed by atoms with van der Waals surface area (Å²) in [5, 5.41) is 15.6. The number of hydrogen-bond donors (Lipinski definition) is 2. The predicted molar refractivity (Wildman–Crippen MR) is 87.0 cm³/mol. The molecule has 6 heteroatoms. The number of carbonyl (C=O) groups is 1. The number of aliphatic hydroxyl groups is 1. The summed E-state index contributed by atoms with van der Waals surface area (Å²) in [6.45, 7) is 0.810. The van der Waals surface area contributed by atoms with Crippen molar-refractivity contribution in [1.29, 1.82) is 0 Å². The zero-order valence-corrected chi connectivity index (χ0v) is 12.9. The van der Waals surface area contributed by atoms with E-state index in [9.17, 15) is 4.79 Å². The third kappa shape index (κ3) is 4.10. The molecule has 6 nitrogen and oxygen atoms in total. The number of anilines is 1. The minimum atomic E-state index is -0.154. The molecular weight excluding hydrogens is 294 g/mol. The zero-order chi connectivity index (χ0) is 16.1. The number of unbranched alkanes of at least 4 members (excludes halogenated alkanes) is 1. The highest BCUT2D eigenvalue weighted by molar-refractivity contribution is 5.89. The van der Waals surface area contributed by atoms with E-state index < -0.39 is 0 Å².